The monoisotopic (exact) mass is 333 g/mol. The Balaban J connectivity index is 1.88. The van der Waals surface area contributed by atoms with Gasteiger partial charge < -0.3 is 5.32 Å². The first-order chi connectivity index (χ1) is 9.93. The van der Waals surface area contributed by atoms with Gasteiger partial charge in [-0.3, -0.25) is 0 Å². The molecule has 1 aliphatic rings. The van der Waals surface area contributed by atoms with Crippen molar-refractivity contribution in [3.63, 3.8) is 0 Å². The largest absolute Gasteiger partial charge is 0.433 e. The van der Waals surface area contributed by atoms with Gasteiger partial charge >= 0.3 is 6.18 Å². The van der Waals surface area contributed by atoms with Gasteiger partial charge in [-0.2, -0.15) is 13.2 Å². The van der Waals surface area contributed by atoms with Crippen molar-refractivity contribution in [3.8, 4) is 0 Å². The molecule has 3 rings (SSSR count). The predicted octanol–water partition coefficient (Wildman–Crippen LogP) is 4.70. The normalized spacial score (nSPS) is 18.4. The molecule has 8 heteroatoms. The number of fused-ring (bicyclic) bond motifs is 1. The van der Waals surface area contributed by atoms with Crippen LogP contribution in [0.1, 0.15) is 35.0 Å². The third kappa shape index (κ3) is 3.13. The van der Waals surface area contributed by atoms with Crippen molar-refractivity contribution in [3.05, 3.63) is 38.9 Å². The Morgan fingerprint density at radius 1 is 1.33 bits per heavy atom. The van der Waals surface area contributed by atoms with Crippen LogP contribution in [0.3, 0.4) is 0 Å². The maximum atomic E-state index is 12.7. The summed E-state index contributed by atoms with van der Waals surface area (Å²) in [4.78, 5) is 8.34. The Labute approximate surface area is 128 Å². The topological polar surface area (TPSA) is 37.8 Å². The molecule has 0 fully saturated rings. The highest BCUT2D eigenvalue weighted by Crippen LogP contribution is 2.36. The molecule has 1 atom stereocenters. The summed E-state index contributed by atoms with van der Waals surface area (Å²) in [5, 5.41) is 4.64. The van der Waals surface area contributed by atoms with E-state index in [1.807, 2.05) is 11.4 Å². The summed E-state index contributed by atoms with van der Waals surface area (Å²) in [5.41, 5.74) is 0.0981. The summed E-state index contributed by atoms with van der Waals surface area (Å²) in [6, 6.07) is 2.86. The van der Waals surface area contributed by atoms with Crippen molar-refractivity contribution in [2.45, 2.75) is 31.5 Å². The minimum atomic E-state index is -4.54. The molecule has 2 aromatic rings. The summed E-state index contributed by atoms with van der Waals surface area (Å²) >= 11 is 7.26. The minimum Gasteiger partial charge on any atom is -0.363 e. The van der Waals surface area contributed by atoms with E-state index in [1.54, 1.807) is 11.3 Å². The number of halogens is 4. The summed E-state index contributed by atoms with van der Waals surface area (Å²) in [5.74, 6) is 0.103. The maximum absolute atomic E-state index is 12.7. The number of anilines is 1. The Kier molecular flexibility index (Phi) is 3.79. The number of nitrogens with zero attached hydrogens (tertiary/aromatic N) is 2. The molecule has 0 bridgehead atoms. The van der Waals surface area contributed by atoms with Crippen LogP contribution < -0.4 is 5.32 Å². The molecule has 1 aliphatic carbocycles. The van der Waals surface area contributed by atoms with Crippen molar-refractivity contribution in [2.24, 2.45) is 0 Å². The van der Waals surface area contributed by atoms with Gasteiger partial charge in [0.25, 0.3) is 0 Å². The molecule has 0 aromatic carbocycles. The fourth-order valence-corrected chi connectivity index (χ4v) is 3.62. The quantitative estimate of drug-likeness (QED) is 0.809. The molecule has 1 N–H and O–H groups in total. The average molecular weight is 334 g/mol. The van der Waals surface area contributed by atoms with Gasteiger partial charge in [0.15, 0.2) is 5.69 Å². The third-order valence-corrected chi connectivity index (χ3v) is 4.53. The van der Waals surface area contributed by atoms with E-state index in [0.717, 1.165) is 30.9 Å². The molecule has 0 aliphatic heterocycles. The number of hydrogen-bond acceptors (Lipinski definition) is 4. The zero-order chi connectivity index (χ0) is 15.0. The van der Waals surface area contributed by atoms with Crippen LogP contribution in [0.2, 0.25) is 5.28 Å². The number of hydrogen-bond donors (Lipinski definition) is 1. The standard InChI is InChI=1S/C13H11ClF3N3S/c14-12-19-10(13(15,16)17)6-11(20-12)18-8-2-1-3-9-7(8)4-5-21-9/h4-6,8H,1-3H2,(H,18,19,20). The highest BCUT2D eigenvalue weighted by atomic mass is 35.5. The van der Waals surface area contributed by atoms with Crippen LogP contribution in [0.25, 0.3) is 0 Å². The van der Waals surface area contributed by atoms with Crippen LogP contribution in [-0.4, -0.2) is 9.97 Å². The van der Waals surface area contributed by atoms with E-state index in [-0.39, 0.29) is 11.9 Å². The SMILES string of the molecule is FC(F)(F)c1cc(NC2CCCc3sccc32)nc(Cl)n1. The lowest BCUT2D eigenvalue weighted by atomic mass is 9.94. The fraction of sp³-hybridized carbons (Fsp3) is 0.385. The van der Waals surface area contributed by atoms with E-state index in [1.165, 1.54) is 4.88 Å². The lowest BCUT2D eigenvalue weighted by molar-refractivity contribution is -0.141. The van der Waals surface area contributed by atoms with E-state index >= 15 is 0 Å². The number of nitrogens with one attached hydrogen (secondary N) is 1. The van der Waals surface area contributed by atoms with E-state index in [0.29, 0.717) is 0 Å². The highest BCUT2D eigenvalue weighted by Gasteiger charge is 2.34. The predicted molar refractivity (Wildman–Crippen MR) is 75.7 cm³/mol. The molecular formula is C13H11ClF3N3S. The number of aryl methyl sites for hydroxylation is 1. The molecule has 0 radical (unpaired) electrons. The average Bonchev–Trinajstić information content (AvgIpc) is 2.86. The first-order valence-electron chi connectivity index (χ1n) is 6.38. The second-order valence-corrected chi connectivity index (χ2v) is 6.13. The lowest BCUT2D eigenvalue weighted by Crippen LogP contribution is -2.17. The first-order valence-corrected chi connectivity index (χ1v) is 7.64. The van der Waals surface area contributed by atoms with Crippen LogP contribution in [0, 0.1) is 0 Å². The number of alkyl halides is 3. The molecular weight excluding hydrogens is 323 g/mol. The van der Waals surface area contributed by atoms with Crippen molar-refractivity contribution in [1.82, 2.24) is 9.97 Å². The molecule has 2 heterocycles. The lowest BCUT2D eigenvalue weighted by Gasteiger charge is -2.24. The Hall–Kier alpha value is -1.34. The number of aromatic nitrogens is 2. The summed E-state index contributed by atoms with van der Waals surface area (Å²) in [6.07, 6.45) is -1.67. The maximum Gasteiger partial charge on any atom is 0.433 e. The molecule has 3 nitrogen and oxygen atoms in total. The molecule has 1 unspecified atom stereocenters. The minimum absolute atomic E-state index is 0.0351. The van der Waals surface area contributed by atoms with Gasteiger partial charge in [-0.1, -0.05) is 0 Å². The zero-order valence-electron chi connectivity index (χ0n) is 10.7. The zero-order valence-corrected chi connectivity index (χ0v) is 12.3. The number of rotatable bonds is 2. The van der Waals surface area contributed by atoms with Gasteiger partial charge in [-0.25, -0.2) is 9.97 Å². The third-order valence-electron chi connectivity index (χ3n) is 3.36. The van der Waals surface area contributed by atoms with E-state index < -0.39 is 17.2 Å². The first kappa shape index (κ1) is 14.6. The second kappa shape index (κ2) is 5.46. The number of thiophene rings is 1. The van der Waals surface area contributed by atoms with Crippen LogP contribution in [0.5, 0.6) is 0 Å². The van der Waals surface area contributed by atoms with Crippen LogP contribution >= 0.6 is 22.9 Å². The van der Waals surface area contributed by atoms with Gasteiger partial charge in [0.1, 0.15) is 5.82 Å². The molecule has 0 saturated heterocycles. The van der Waals surface area contributed by atoms with E-state index in [9.17, 15) is 13.2 Å². The fourth-order valence-electron chi connectivity index (χ4n) is 2.45. The molecule has 0 saturated carbocycles. The van der Waals surface area contributed by atoms with Gasteiger partial charge in [-0.15, -0.1) is 11.3 Å². The summed E-state index contributed by atoms with van der Waals surface area (Å²) in [6.45, 7) is 0. The molecule has 21 heavy (non-hydrogen) atoms. The van der Waals surface area contributed by atoms with Crippen LogP contribution in [0.4, 0.5) is 19.0 Å². The van der Waals surface area contributed by atoms with Crippen LogP contribution in [-0.2, 0) is 12.6 Å². The van der Waals surface area contributed by atoms with Gasteiger partial charge in [-0.05, 0) is 47.9 Å². The highest BCUT2D eigenvalue weighted by molar-refractivity contribution is 7.10. The smallest absolute Gasteiger partial charge is 0.363 e. The molecule has 0 spiro atoms. The van der Waals surface area contributed by atoms with Crippen molar-refractivity contribution < 1.29 is 13.2 Å². The Morgan fingerprint density at radius 3 is 2.90 bits per heavy atom. The van der Waals surface area contributed by atoms with Gasteiger partial charge in [0.05, 0.1) is 6.04 Å². The van der Waals surface area contributed by atoms with E-state index in [2.05, 4.69) is 15.3 Å². The second-order valence-electron chi connectivity index (χ2n) is 4.79. The van der Waals surface area contributed by atoms with Crippen molar-refractivity contribution >= 4 is 28.8 Å². The van der Waals surface area contributed by atoms with Gasteiger partial charge in [0.2, 0.25) is 5.28 Å². The summed E-state index contributed by atoms with van der Waals surface area (Å²) < 4.78 is 38.2. The molecule has 0 amide bonds. The Bertz CT molecular complexity index is 656. The van der Waals surface area contributed by atoms with Crippen LogP contribution in [0.15, 0.2) is 17.5 Å². The molecule has 2 aromatic heterocycles. The van der Waals surface area contributed by atoms with Crippen molar-refractivity contribution in [1.29, 1.82) is 0 Å². The van der Waals surface area contributed by atoms with Gasteiger partial charge in [0, 0.05) is 10.9 Å². The van der Waals surface area contributed by atoms with E-state index in [4.69, 9.17) is 11.6 Å². The Morgan fingerprint density at radius 2 is 2.14 bits per heavy atom. The summed E-state index contributed by atoms with van der Waals surface area (Å²) in [7, 11) is 0. The van der Waals surface area contributed by atoms with Crippen molar-refractivity contribution in [2.75, 3.05) is 5.32 Å². The molecule has 112 valence electrons.